The van der Waals surface area contributed by atoms with Crippen LogP contribution in [-0.4, -0.2) is 24.4 Å². The minimum Gasteiger partial charge on any atom is -0.372 e. The highest BCUT2D eigenvalue weighted by Crippen LogP contribution is 2.39. The zero-order valence-corrected chi connectivity index (χ0v) is 18.5. The van der Waals surface area contributed by atoms with Crippen LogP contribution in [-0.2, 0) is 22.7 Å². The van der Waals surface area contributed by atoms with Gasteiger partial charge in [-0.15, -0.1) is 11.8 Å². The normalized spacial score (nSPS) is 13.3. The van der Waals surface area contributed by atoms with E-state index >= 15 is 0 Å². The number of benzene rings is 2. The molecule has 1 N–H and O–H groups in total. The van der Waals surface area contributed by atoms with Gasteiger partial charge in [-0.25, -0.2) is 0 Å². The van der Waals surface area contributed by atoms with Crippen LogP contribution < -0.4 is 5.32 Å². The van der Waals surface area contributed by atoms with E-state index in [1.807, 2.05) is 32.1 Å². The van der Waals surface area contributed by atoms with Crippen molar-refractivity contribution >= 4 is 51.5 Å². The number of carbonyl (C=O) groups is 1. The average Bonchev–Trinajstić information content (AvgIpc) is 2.67. The maximum absolute atomic E-state index is 11.5. The van der Waals surface area contributed by atoms with Crippen molar-refractivity contribution in [1.82, 2.24) is 5.32 Å². The minimum absolute atomic E-state index is 0.0192. The largest absolute Gasteiger partial charge is 0.372 e. The highest BCUT2D eigenvalue weighted by molar-refractivity contribution is 8.03. The molecule has 1 amide bonds. The SMILES string of the molecule is C=C(/C=C(\N=C(C)C)c1c(Cl)cc2c3c(cccc13)COC2)SCCC(=O)NC. The second kappa shape index (κ2) is 9.61. The molecular weight excluding hydrogens is 404 g/mol. The van der Waals surface area contributed by atoms with Gasteiger partial charge in [0.1, 0.15) is 0 Å². The number of nitrogens with zero attached hydrogens (tertiary/aromatic N) is 1. The van der Waals surface area contributed by atoms with Crippen LogP contribution in [0.1, 0.15) is 37.0 Å². The molecule has 0 fully saturated rings. The standard InChI is InChI=1S/C23H25ClN2O2S/c1-14(2)26-20(10-15(3)29-9-8-21(27)25-4)23-18-7-5-6-16-12-28-13-17(22(16)18)11-19(23)24/h5-7,10-11H,3,8-9,12-13H2,1-2,4H3,(H,25,27)/b20-10-. The Morgan fingerprint density at radius 3 is 2.83 bits per heavy atom. The number of aliphatic imine (C=N–C) groups is 1. The van der Waals surface area contributed by atoms with Gasteiger partial charge in [-0.05, 0) is 47.9 Å². The predicted octanol–water partition coefficient (Wildman–Crippen LogP) is 5.73. The van der Waals surface area contributed by atoms with E-state index < -0.39 is 0 Å². The van der Waals surface area contributed by atoms with Crippen LogP contribution in [0.25, 0.3) is 16.5 Å². The fraction of sp³-hybridized carbons (Fsp3) is 0.304. The molecule has 2 aromatic rings. The quantitative estimate of drug-likeness (QED) is 0.452. The first kappa shape index (κ1) is 21.6. The predicted molar refractivity (Wildman–Crippen MR) is 124 cm³/mol. The Kier molecular flexibility index (Phi) is 7.17. The van der Waals surface area contributed by atoms with Gasteiger partial charge in [0.15, 0.2) is 0 Å². The summed E-state index contributed by atoms with van der Waals surface area (Å²) in [4.78, 5) is 17.1. The van der Waals surface area contributed by atoms with E-state index in [9.17, 15) is 4.79 Å². The molecule has 152 valence electrons. The fourth-order valence-corrected chi connectivity index (χ4v) is 4.45. The van der Waals surface area contributed by atoms with Gasteiger partial charge >= 0.3 is 0 Å². The van der Waals surface area contributed by atoms with Gasteiger partial charge in [-0.1, -0.05) is 36.4 Å². The van der Waals surface area contributed by atoms with E-state index in [2.05, 4.69) is 24.0 Å². The van der Waals surface area contributed by atoms with Crippen LogP contribution in [0.5, 0.6) is 0 Å². The first-order valence-corrected chi connectivity index (χ1v) is 10.8. The number of thioether (sulfide) groups is 1. The number of amides is 1. The summed E-state index contributed by atoms with van der Waals surface area (Å²) in [6.45, 7) is 9.23. The van der Waals surface area contributed by atoms with E-state index in [1.54, 1.807) is 7.05 Å². The molecule has 4 nitrogen and oxygen atoms in total. The molecule has 0 saturated carbocycles. The monoisotopic (exact) mass is 428 g/mol. The number of hydrogen-bond donors (Lipinski definition) is 1. The zero-order valence-electron chi connectivity index (χ0n) is 17.0. The molecule has 0 atom stereocenters. The second-order valence-electron chi connectivity index (χ2n) is 7.05. The summed E-state index contributed by atoms with van der Waals surface area (Å²) in [5, 5.41) is 5.56. The fourth-order valence-electron chi connectivity index (χ4n) is 3.37. The molecule has 0 bridgehead atoms. The van der Waals surface area contributed by atoms with E-state index in [1.165, 1.54) is 17.1 Å². The number of nitrogens with one attached hydrogen (secondary N) is 1. The van der Waals surface area contributed by atoms with Crippen molar-refractivity contribution in [3.05, 3.63) is 63.5 Å². The Balaban J connectivity index is 2.04. The highest BCUT2D eigenvalue weighted by Gasteiger charge is 2.19. The van der Waals surface area contributed by atoms with Crippen molar-refractivity contribution in [1.29, 1.82) is 0 Å². The number of rotatable bonds is 7. The third kappa shape index (κ3) is 5.10. The molecule has 0 spiro atoms. The molecule has 1 heterocycles. The molecule has 29 heavy (non-hydrogen) atoms. The second-order valence-corrected chi connectivity index (χ2v) is 8.68. The first-order chi connectivity index (χ1) is 13.9. The summed E-state index contributed by atoms with van der Waals surface area (Å²) >= 11 is 8.27. The zero-order chi connectivity index (χ0) is 21.0. The lowest BCUT2D eigenvalue weighted by atomic mass is 9.93. The number of ether oxygens (including phenoxy) is 1. The van der Waals surface area contributed by atoms with Gasteiger partial charge in [0, 0.05) is 35.4 Å². The summed E-state index contributed by atoms with van der Waals surface area (Å²) in [5.74, 6) is 0.678. The summed E-state index contributed by atoms with van der Waals surface area (Å²) in [7, 11) is 1.64. The Morgan fingerprint density at radius 2 is 2.10 bits per heavy atom. The van der Waals surface area contributed by atoms with Gasteiger partial charge in [0.05, 0.1) is 23.9 Å². The van der Waals surface area contributed by atoms with Crippen molar-refractivity contribution in [3.8, 4) is 0 Å². The molecule has 0 aliphatic carbocycles. The van der Waals surface area contributed by atoms with Crippen LogP contribution in [0.3, 0.4) is 0 Å². The molecule has 1 aliphatic heterocycles. The smallest absolute Gasteiger partial charge is 0.220 e. The van der Waals surface area contributed by atoms with Crippen LogP contribution in [0.15, 0.2) is 46.8 Å². The van der Waals surface area contributed by atoms with Gasteiger partial charge in [-0.3, -0.25) is 9.79 Å². The Hall–Kier alpha value is -2.08. The van der Waals surface area contributed by atoms with E-state index in [0.717, 1.165) is 38.4 Å². The number of carbonyl (C=O) groups excluding carboxylic acids is 1. The summed E-state index contributed by atoms with van der Waals surface area (Å²) in [6.07, 6.45) is 2.40. The average molecular weight is 429 g/mol. The molecule has 0 radical (unpaired) electrons. The molecule has 2 aromatic carbocycles. The van der Waals surface area contributed by atoms with Crippen LogP contribution in [0.4, 0.5) is 0 Å². The van der Waals surface area contributed by atoms with Crippen molar-refractivity contribution in [2.24, 2.45) is 4.99 Å². The third-order valence-corrected chi connectivity index (χ3v) is 5.78. The lowest BCUT2D eigenvalue weighted by Gasteiger charge is -2.21. The van der Waals surface area contributed by atoms with Crippen molar-refractivity contribution < 1.29 is 9.53 Å². The molecule has 6 heteroatoms. The maximum atomic E-state index is 11.5. The molecule has 3 rings (SSSR count). The topological polar surface area (TPSA) is 50.7 Å². The van der Waals surface area contributed by atoms with Crippen molar-refractivity contribution in [3.63, 3.8) is 0 Å². The molecular formula is C23H25ClN2O2S. The lowest BCUT2D eigenvalue weighted by Crippen LogP contribution is -2.17. The van der Waals surface area contributed by atoms with Gasteiger partial charge < -0.3 is 10.1 Å². The van der Waals surface area contributed by atoms with Gasteiger partial charge in [0.2, 0.25) is 5.91 Å². The van der Waals surface area contributed by atoms with E-state index in [0.29, 0.717) is 30.4 Å². The van der Waals surface area contributed by atoms with Gasteiger partial charge in [0.25, 0.3) is 0 Å². The Morgan fingerprint density at radius 1 is 1.34 bits per heavy atom. The molecule has 1 aliphatic rings. The molecule has 0 saturated heterocycles. The Bertz CT molecular complexity index is 1020. The van der Waals surface area contributed by atoms with Crippen LogP contribution >= 0.6 is 23.4 Å². The Labute approximate surface area is 181 Å². The molecule has 0 unspecified atom stereocenters. The molecule has 0 aromatic heterocycles. The lowest BCUT2D eigenvalue weighted by molar-refractivity contribution is -0.120. The maximum Gasteiger partial charge on any atom is 0.220 e. The summed E-state index contributed by atoms with van der Waals surface area (Å²) in [6, 6.07) is 8.19. The summed E-state index contributed by atoms with van der Waals surface area (Å²) < 4.78 is 5.69. The minimum atomic E-state index is 0.0192. The first-order valence-electron chi connectivity index (χ1n) is 9.47. The number of allylic oxidation sites excluding steroid dienone is 1. The van der Waals surface area contributed by atoms with E-state index in [-0.39, 0.29) is 5.91 Å². The van der Waals surface area contributed by atoms with Crippen LogP contribution in [0, 0.1) is 0 Å². The van der Waals surface area contributed by atoms with E-state index in [4.69, 9.17) is 21.3 Å². The summed E-state index contributed by atoms with van der Waals surface area (Å²) in [5.41, 5.74) is 4.88. The highest BCUT2D eigenvalue weighted by atomic mass is 35.5. The van der Waals surface area contributed by atoms with Crippen LogP contribution in [0.2, 0.25) is 5.02 Å². The van der Waals surface area contributed by atoms with Crippen molar-refractivity contribution in [2.45, 2.75) is 33.5 Å². The number of hydrogen-bond acceptors (Lipinski definition) is 4. The van der Waals surface area contributed by atoms with Crippen molar-refractivity contribution in [2.75, 3.05) is 12.8 Å². The third-order valence-electron chi connectivity index (χ3n) is 4.59. The number of halogens is 1. The van der Waals surface area contributed by atoms with Gasteiger partial charge in [-0.2, -0.15) is 0 Å².